The molecule has 5 aliphatic carbocycles. The van der Waals surface area contributed by atoms with Gasteiger partial charge in [0, 0.05) is 12.2 Å². The second-order valence-corrected chi connectivity index (χ2v) is 9.06. The largest absolute Gasteiger partial charge is 0.480 e. The van der Waals surface area contributed by atoms with Crippen LogP contribution in [-0.2, 0) is 0 Å². The number of ether oxygens (including phenoxy) is 1. The Morgan fingerprint density at radius 3 is 2.63 bits per heavy atom. The van der Waals surface area contributed by atoms with Crippen LogP contribution in [0.15, 0.2) is 12.5 Å². The van der Waals surface area contributed by atoms with Crippen molar-refractivity contribution in [1.82, 2.24) is 20.4 Å². The fourth-order valence-corrected chi connectivity index (χ4v) is 6.15. The maximum atomic E-state index is 13.5. The number of carbonyl (C=O) groups is 1. The van der Waals surface area contributed by atoms with E-state index < -0.39 is 5.60 Å². The minimum atomic E-state index is -0.508. The molecule has 0 radical (unpaired) electrons. The Morgan fingerprint density at radius 1 is 1.30 bits per heavy atom. The van der Waals surface area contributed by atoms with Crippen LogP contribution in [-0.4, -0.2) is 50.8 Å². The highest BCUT2D eigenvalue weighted by molar-refractivity contribution is 5.96. The molecule has 4 bridgehead atoms. The molecule has 1 heterocycles. The average molecular weight is 372 g/mol. The molecule has 5 aliphatic rings. The van der Waals surface area contributed by atoms with Gasteiger partial charge < -0.3 is 9.84 Å². The van der Waals surface area contributed by atoms with Crippen LogP contribution in [0.3, 0.4) is 0 Å². The van der Waals surface area contributed by atoms with E-state index in [4.69, 9.17) is 4.74 Å². The van der Waals surface area contributed by atoms with Crippen LogP contribution in [0.2, 0.25) is 0 Å². The highest BCUT2D eigenvalue weighted by atomic mass is 16.5. The van der Waals surface area contributed by atoms with Crippen LogP contribution < -0.4 is 10.2 Å². The van der Waals surface area contributed by atoms with Gasteiger partial charge in [-0.25, -0.2) is 15.4 Å². The summed E-state index contributed by atoms with van der Waals surface area (Å²) in [6, 6.07) is 0.477. The molecule has 0 saturated heterocycles. The van der Waals surface area contributed by atoms with Gasteiger partial charge in [-0.1, -0.05) is 6.42 Å². The van der Waals surface area contributed by atoms with E-state index in [1.54, 1.807) is 6.20 Å². The van der Waals surface area contributed by atoms with Crippen LogP contribution >= 0.6 is 0 Å². The van der Waals surface area contributed by atoms with Crippen molar-refractivity contribution in [2.24, 2.45) is 17.8 Å². The summed E-state index contributed by atoms with van der Waals surface area (Å²) in [7, 11) is 1.53. The maximum Gasteiger partial charge on any atom is 0.275 e. The van der Waals surface area contributed by atoms with Gasteiger partial charge in [0.1, 0.15) is 11.9 Å². The van der Waals surface area contributed by atoms with Crippen molar-refractivity contribution in [3.63, 3.8) is 0 Å². The Labute approximate surface area is 159 Å². The van der Waals surface area contributed by atoms with Crippen molar-refractivity contribution in [3.8, 4) is 5.88 Å². The van der Waals surface area contributed by atoms with Gasteiger partial charge in [0.15, 0.2) is 0 Å². The molecule has 7 nitrogen and oxygen atoms in total. The summed E-state index contributed by atoms with van der Waals surface area (Å²) in [4.78, 5) is 21.7. The lowest BCUT2D eigenvalue weighted by Crippen LogP contribution is -2.66. The van der Waals surface area contributed by atoms with Crippen molar-refractivity contribution in [2.75, 3.05) is 7.11 Å². The number of hydrogen-bond donors (Lipinski definition) is 2. The van der Waals surface area contributed by atoms with Crippen LogP contribution in [0, 0.1) is 17.8 Å². The standard InChI is InChI=1S/C20H28N4O3/c1-27-18-16(10-21-11-22-18)19(25)24(23-15-3-2-4-15)17-13-5-12-6-14(17)9-20(26,7-12)8-13/h10-15,17,23,26H,2-9H2,1H3. The first-order chi connectivity index (χ1) is 13.1. The molecule has 2 atom stereocenters. The van der Waals surface area contributed by atoms with E-state index in [-0.39, 0.29) is 11.9 Å². The maximum absolute atomic E-state index is 13.5. The Hall–Kier alpha value is -1.73. The molecule has 0 aliphatic heterocycles. The van der Waals surface area contributed by atoms with Gasteiger partial charge in [-0.15, -0.1) is 0 Å². The van der Waals surface area contributed by atoms with E-state index in [2.05, 4.69) is 15.4 Å². The van der Waals surface area contributed by atoms with Crippen molar-refractivity contribution in [2.45, 2.75) is 69.1 Å². The number of hydrazine groups is 1. The first-order valence-electron chi connectivity index (χ1n) is 10.2. The molecule has 5 saturated carbocycles. The Balaban J connectivity index is 1.47. The Kier molecular flexibility index (Phi) is 4.13. The number of methoxy groups -OCH3 is 1. The lowest BCUT2D eigenvalue weighted by Gasteiger charge is -2.60. The zero-order valence-corrected chi connectivity index (χ0v) is 15.8. The van der Waals surface area contributed by atoms with Crippen molar-refractivity contribution in [1.29, 1.82) is 0 Å². The number of amides is 1. The second-order valence-electron chi connectivity index (χ2n) is 9.06. The van der Waals surface area contributed by atoms with Gasteiger partial charge in [0.05, 0.1) is 18.8 Å². The zero-order chi connectivity index (χ0) is 18.6. The summed E-state index contributed by atoms with van der Waals surface area (Å²) in [5.74, 6) is 1.53. The second kappa shape index (κ2) is 6.41. The summed E-state index contributed by atoms with van der Waals surface area (Å²) in [5.41, 5.74) is 3.43. The number of nitrogens with zero attached hydrogens (tertiary/aromatic N) is 3. The molecule has 0 aromatic carbocycles. The number of carbonyl (C=O) groups excluding carboxylic acids is 1. The lowest BCUT2D eigenvalue weighted by molar-refractivity contribution is -0.161. The molecule has 0 spiro atoms. The first kappa shape index (κ1) is 17.4. The molecule has 1 aromatic rings. The summed E-state index contributed by atoms with van der Waals surface area (Å²) < 4.78 is 5.32. The zero-order valence-electron chi connectivity index (χ0n) is 15.8. The van der Waals surface area contributed by atoms with Gasteiger partial charge in [-0.3, -0.25) is 9.80 Å². The van der Waals surface area contributed by atoms with Crippen LogP contribution in [0.5, 0.6) is 5.88 Å². The first-order valence-corrected chi connectivity index (χ1v) is 10.2. The Bertz CT molecular complexity index is 722. The third-order valence-electron chi connectivity index (χ3n) is 7.23. The van der Waals surface area contributed by atoms with Crippen LogP contribution in [0.25, 0.3) is 0 Å². The third kappa shape index (κ3) is 2.91. The fourth-order valence-electron chi connectivity index (χ4n) is 6.15. The molecule has 146 valence electrons. The van der Waals surface area contributed by atoms with E-state index in [9.17, 15) is 9.90 Å². The van der Waals surface area contributed by atoms with Crippen LogP contribution in [0.1, 0.15) is 61.7 Å². The van der Waals surface area contributed by atoms with Gasteiger partial charge in [-0.05, 0) is 62.7 Å². The number of aliphatic hydroxyl groups is 1. The molecular formula is C20H28N4O3. The normalized spacial score (nSPS) is 37.1. The lowest BCUT2D eigenvalue weighted by atomic mass is 9.52. The topological polar surface area (TPSA) is 87.6 Å². The molecule has 2 N–H and O–H groups in total. The molecule has 2 unspecified atom stereocenters. The number of aromatic nitrogens is 2. The molecule has 1 amide bonds. The molecule has 7 heteroatoms. The summed E-state index contributed by atoms with van der Waals surface area (Å²) in [6.07, 6.45) is 11.1. The fraction of sp³-hybridized carbons (Fsp3) is 0.750. The van der Waals surface area contributed by atoms with Crippen molar-refractivity contribution < 1.29 is 14.6 Å². The van der Waals surface area contributed by atoms with E-state index in [1.165, 1.54) is 19.9 Å². The van der Waals surface area contributed by atoms with Crippen LogP contribution in [0.4, 0.5) is 0 Å². The molecule has 1 aromatic heterocycles. The number of hydrogen-bond acceptors (Lipinski definition) is 6. The minimum Gasteiger partial charge on any atom is -0.480 e. The van der Waals surface area contributed by atoms with Gasteiger partial charge in [-0.2, -0.15) is 0 Å². The average Bonchev–Trinajstić information content (AvgIpc) is 2.60. The molecular weight excluding hydrogens is 344 g/mol. The highest BCUT2D eigenvalue weighted by Gasteiger charge is 2.57. The number of nitrogens with one attached hydrogen (secondary N) is 1. The SMILES string of the molecule is COc1ncncc1C(=O)N(NC1CCC1)C1C2CC3CC1CC(O)(C3)C2. The summed E-state index contributed by atoms with van der Waals surface area (Å²) >= 11 is 0. The van der Waals surface area contributed by atoms with Crippen molar-refractivity contribution >= 4 is 5.91 Å². The van der Waals surface area contributed by atoms with E-state index in [0.29, 0.717) is 35.2 Å². The Morgan fingerprint density at radius 2 is 2.04 bits per heavy atom. The molecule has 27 heavy (non-hydrogen) atoms. The molecule has 6 rings (SSSR count). The van der Waals surface area contributed by atoms with Crippen molar-refractivity contribution in [3.05, 3.63) is 18.1 Å². The van der Waals surface area contributed by atoms with E-state index in [1.807, 2.05) is 5.01 Å². The summed E-state index contributed by atoms with van der Waals surface area (Å²) in [6.45, 7) is 0. The predicted molar refractivity (Wildman–Crippen MR) is 97.8 cm³/mol. The summed E-state index contributed by atoms with van der Waals surface area (Å²) in [5, 5.41) is 12.8. The van der Waals surface area contributed by atoms with Gasteiger partial charge in [0.2, 0.25) is 5.88 Å². The minimum absolute atomic E-state index is 0.108. The van der Waals surface area contributed by atoms with Gasteiger partial charge >= 0.3 is 0 Å². The predicted octanol–water partition coefficient (Wildman–Crippen LogP) is 1.92. The smallest absolute Gasteiger partial charge is 0.275 e. The third-order valence-corrected chi connectivity index (χ3v) is 7.23. The van der Waals surface area contributed by atoms with E-state index in [0.717, 1.165) is 44.9 Å². The quantitative estimate of drug-likeness (QED) is 0.768. The molecule has 5 fully saturated rings. The van der Waals surface area contributed by atoms with Gasteiger partial charge in [0.25, 0.3) is 5.91 Å². The highest BCUT2D eigenvalue weighted by Crippen LogP contribution is 2.57. The monoisotopic (exact) mass is 372 g/mol. The number of rotatable bonds is 5. The van der Waals surface area contributed by atoms with E-state index >= 15 is 0 Å².